The van der Waals surface area contributed by atoms with E-state index in [2.05, 4.69) is 6.07 Å². The topological polar surface area (TPSA) is 47.6 Å². The van der Waals surface area contributed by atoms with E-state index in [0.717, 1.165) is 18.4 Å². The van der Waals surface area contributed by atoms with Crippen LogP contribution in [0.2, 0.25) is 0 Å². The zero-order chi connectivity index (χ0) is 9.26. The molecule has 0 atom stereocenters. The molecule has 1 aromatic rings. The van der Waals surface area contributed by atoms with Crippen LogP contribution < -0.4 is 0 Å². The quantitative estimate of drug-likeness (QED) is 0.706. The first-order valence-electron chi connectivity index (χ1n) is 4.30. The largest absolute Gasteiger partial charge is 0.192 e. The second-order valence-electron chi connectivity index (χ2n) is 3.27. The molecule has 3 heteroatoms. The van der Waals surface area contributed by atoms with Crippen LogP contribution in [0.4, 0.5) is 0 Å². The molecule has 1 fully saturated rings. The lowest BCUT2D eigenvalue weighted by atomic mass is 9.99. The maximum absolute atomic E-state index is 8.91. The Bertz CT molecular complexity index is 422. The van der Waals surface area contributed by atoms with Crippen molar-refractivity contribution in [3.8, 4) is 12.1 Å². The summed E-state index contributed by atoms with van der Waals surface area (Å²) in [5.74, 6) is 0.531. The van der Waals surface area contributed by atoms with Crippen molar-refractivity contribution in [3.63, 3.8) is 0 Å². The van der Waals surface area contributed by atoms with Crippen LogP contribution in [0.1, 0.15) is 35.4 Å². The van der Waals surface area contributed by atoms with Gasteiger partial charge in [-0.15, -0.1) is 12.4 Å². The van der Waals surface area contributed by atoms with E-state index in [1.165, 1.54) is 0 Å². The van der Waals surface area contributed by atoms with Gasteiger partial charge in [0.1, 0.15) is 12.1 Å². The minimum Gasteiger partial charge on any atom is -0.192 e. The minimum absolute atomic E-state index is 0. The van der Waals surface area contributed by atoms with Crippen molar-refractivity contribution in [2.24, 2.45) is 0 Å². The number of nitrogens with zero attached hydrogens (tertiary/aromatic N) is 2. The lowest BCUT2D eigenvalue weighted by Gasteiger charge is -2.01. The molecule has 0 N–H and O–H groups in total. The molecule has 1 saturated carbocycles. The van der Waals surface area contributed by atoms with Gasteiger partial charge in [0, 0.05) is 0 Å². The summed E-state index contributed by atoms with van der Waals surface area (Å²) in [6, 6.07) is 9.67. The van der Waals surface area contributed by atoms with Crippen LogP contribution in [-0.4, -0.2) is 0 Å². The Morgan fingerprint density at radius 1 is 1.14 bits per heavy atom. The maximum Gasteiger partial charge on any atom is 0.101 e. The Labute approximate surface area is 89.2 Å². The highest BCUT2D eigenvalue weighted by molar-refractivity contribution is 5.85. The standard InChI is InChI=1S/C11H8N2.ClH/c12-6-9-2-1-3-10(8-4-5-8)11(9)7-13;/h1-3,8H,4-5H2;1H. The fourth-order valence-corrected chi connectivity index (χ4v) is 1.52. The molecule has 70 valence electrons. The first-order valence-corrected chi connectivity index (χ1v) is 4.30. The van der Waals surface area contributed by atoms with E-state index < -0.39 is 0 Å². The third-order valence-electron chi connectivity index (χ3n) is 2.35. The van der Waals surface area contributed by atoms with Crippen molar-refractivity contribution < 1.29 is 0 Å². The van der Waals surface area contributed by atoms with E-state index >= 15 is 0 Å². The second kappa shape index (κ2) is 4.13. The lowest BCUT2D eigenvalue weighted by molar-refractivity contribution is 1.11. The number of hydrogen-bond acceptors (Lipinski definition) is 2. The Morgan fingerprint density at radius 2 is 1.86 bits per heavy atom. The highest BCUT2D eigenvalue weighted by Crippen LogP contribution is 2.41. The first-order chi connectivity index (χ1) is 6.36. The molecule has 2 nitrogen and oxygen atoms in total. The smallest absolute Gasteiger partial charge is 0.101 e. The Morgan fingerprint density at radius 3 is 2.36 bits per heavy atom. The molecule has 0 amide bonds. The van der Waals surface area contributed by atoms with Gasteiger partial charge in [-0.3, -0.25) is 0 Å². The molecule has 0 heterocycles. The Kier molecular flexibility index (Phi) is 3.12. The fraction of sp³-hybridized carbons (Fsp3) is 0.273. The van der Waals surface area contributed by atoms with E-state index in [-0.39, 0.29) is 12.4 Å². The number of nitriles is 2. The number of halogens is 1. The van der Waals surface area contributed by atoms with Gasteiger partial charge in [0.25, 0.3) is 0 Å². The van der Waals surface area contributed by atoms with E-state index in [9.17, 15) is 0 Å². The van der Waals surface area contributed by atoms with Crippen LogP contribution in [0.15, 0.2) is 18.2 Å². The first kappa shape index (κ1) is 10.6. The van der Waals surface area contributed by atoms with Gasteiger partial charge in [0.2, 0.25) is 0 Å². The van der Waals surface area contributed by atoms with Gasteiger partial charge >= 0.3 is 0 Å². The van der Waals surface area contributed by atoms with Gasteiger partial charge in [-0.1, -0.05) is 12.1 Å². The molecule has 0 bridgehead atoms. The van der Waals surface area contributed by atoms with Crippen molar-refractivity contribution >= 4 is 12.4 Å². The van der Waals surface area contributed by atoms with Crippen molar-refractivity contribution in [2.45, 2.75) is 18.8 Å². The van der Waals surface area contributed by atoms with Gasteiger partial charge in [-0.2, -0.15) is 10.5 Å². The molecule has 0 radical (unpaired) electrons. The molecule has 0 aliphatic heterocycles. The molecular weight excluding hydrogens is 196 g/mol. The summed E-state index contributed by atoms with van der Waals surface area (Å²) < 4.78 is 0. The molecule has 1 aromatic carbocycles. The van der Waals surface area contributed by atoms with Crippen LogP contribution in [0.3, 0.4) is 0 Å². The molecule has 1 aliphatic carbocycles. The summed E-state index contributed by atoms with van der Waals surface area (Å²) in [5.41, 5.74) is 2.14. The van der Waals surface area contributed by atoms with Gasteiger partial charge in [-0.05, 0) is 30.4 Å². The maximum atomic E-state index is 8.91. The Hall–Kier alpha value is -1.51. The average Bonchev–Trinajstić information content (AvgIpc) is 2.99. The highest BCUT2D eigenvalue weighted by Gasteiger charge is 2.26. The third kappa shape index (κ3) is 1.71. The summed E-state index contributed by atoms with van der Waals surface area (Å²) in [7, 11) is 0. The van der Waals surface area contributed by atoms with E-state index in [0.29, 0.717) is 17.0 Å². The van der Waals surface area contributed by atoms with Crippen molar-refractivity contribution in [3.05, 3.63) is 34.9 Å². The van der Waals surface area contributed by atoms with Crippen LogP contribution >= 0.6 is 12.4 Å². The minimum atomic E-state index is 0. The number of rotatable bonds is 1. The highest BCUT2D eigenvalue weighted by atomic mass is 35.5. The van der Waals surface area contributed by atoms with Crippen LogP contribution in [-0.2, 0) is 0 Å². The van der Waals surface area contributed by atoms with Gasteiger partial charge in [0.05, 0.1) is 11.1 Å². The van der Waals surface area contributed by atoms with Crippen LogP contribution in [0.5, 0.6) is 0 Å². The molecule has 2 rings (SSSR count). The van der Waals surface area contributed by atoms with Crippen LogP contribution in [0.25, 0.3) is 0 Å². The van der Waals surface area contributed by atoms with E-state index in [4.69, 9.17) is 10.5 Å². The number of benzene rings is 1. The zero-order valence-corrected chi connectivity index (χ0v) is 8.34. The monoisotopic (exact) mass is 204 g/mol. The normalized spacial score (nSPS) is 13.6. The molecular formula is C11H9ClN2. The van der Waals surface area contributed by atoms with Gasteiger partial charge < -0.3 is 0 Å². The summed E-state index contributed by atoms with van der Waals surface area (Å²) in [5, 5.41) is 17.7. The summed E-state index contributed by atoms with van der Waals surface area (Å²) in [6.07, 6.45) is 2.31. The van der Waals surface area contributed by atoms with Crippen molar-refractivity contribution in [2.75, 3.05) is 0 Å². The van der Waals surface area contributed by atoms with Gasteiger partial charge in [-0.25, -0.2) is 0 Å². The predicted molar refractivity (Wildman–Crippen MR) is 55.1 cm³/mol. The Balaban J connectivity index is 0.000000980. The lowest BCUT2D eigenvalue weighted by Crippen LogP contribution is -1.90. The zero-order valence-electron chi connectivity index (χ0n) is 7.53. The van der Waals surface area contributed by atoms with Crippen molar-refractivity contribution in [1.29, 1.82) is 10.5 Å². The van der Waals surface area contributed by atoms with E-state index in [1.807, 2.05) is 18.2 Å². The average molecular weight is 205 g/mol. The SMILES string of the molecule is Cl.N#Cc1cccc(C2CC2)c1C#N. The molecule has 0 spiro atoms. The van der Waals surface area contributed by atoms with Crippen molar-refractivity contribution in [1.82, 2.24) is 0 Å². The summed E-state index contributed by atoms with van der Waals surface area (Å²) in [4.78, 5) is 0. The van der Waals surface area contributed by atoms with Crippen LogP contribution in [0, 0.1) is 22.7 Å². The fourth-order valence-electron chi connectivity index (χ4n) is 1.52. The predicted octanol–water partition coefficient (Wildman–Crippen LogP) is 2.73. The summed E-state index contributed by atoms with van der Waals surface area (Å²) in [6.45, 7) is 0. The summed E-state index contributed by atoms with van der Waals surface area (Å²) >= 11 is 0. The van der Waals surface area contributed by atoms with Gasteiger partial charge in [0.15, 0.2) is 0 Å². The molecule has 1 aliphatic rings. The molecule has 14 heavy (non-hydrogen) atoms. The molecule has 0 aromatic heterocycles. The molecule has 0 saturated heterocycles. The number of hydrogen-bond donors (Lipinski definition) is 0. The van der Waals surface area contributed by atoms with E-state index in [1.54, 1.807) is 6.07 Å². The second-order valence-corrected chi connectivity index (χ2v) is 3.27. The third-order valence-corrected chi connectivity index (χ3v) is 2.35. The molecule has 0 unspecified atom stereocenters.